The first-order chi connectivity index (χ1) is 9.63. The van der Waals surface area contributed by atoms with Gasteiger partial charge in [0.15, 0.2) is 11.5 Å². The van der Waals surface area contributed by atoms with Crippen LogP contribution in [0.1, 0.15) is 18.5 Å². The molecule has 106 valence electrons. The van der Waals surface area contributed by atoms with Crippen molar-refractivity contribution >= 4 is 5.69 Å². The fourth-order valence-corrected chi connectivity index (χ4v) is 2.01. The molecule has 0 amide bonds. The highest BCUT2D eigenvalue weighted by molar-refractivity contribution is 5.55. The quantitative estimate of drug-likeness (QED) is 0.894. The Morgan fingerprint density at radius 3 is 2.20 bits per heavy atom. The SMILES string of the molecule is COc1ccc(NC(C)c2ccc(F)cc2)cc1OC. The molecule has 0 aliphatic heterocycles. The van der Waals surface area contributed by atoms with Crippen molar-refractivity contribution in [3.63, 3.8) is 0 Å². The third kappa shape index (κ3) is 3.20. The average Bonchev–Trinajstić information content (AvgIpc) is 2.47. The van der Waals surface area contributed by atoms with Gasteiger partial charge in [-0.05, 0) is 36.8 Å². The maximum Gasteiger partial charge on any atom is 0.162 e. The zero-order chi connectivity index (χ0) is 14.5. The van der Waals surface area contributed by atoms with E-state index in [1.54, 1.807) is 26.4 Å². The summed E-state index contributed by atoms with van der Waals surface area (Å²) in [6, 6.07) is 12.2. The van der Waals surface area contributed by atoms with Crippen LogP contribution in [0, 0.1) is 5.82 Å². The molecular formula is C16H18FNO2. The smallest absolute Gasteiger partial charge is 0.162 e. The zero-order valence-electron chi connectivity index (χ0n) is 11.8. The van der Waals surface area contributed by atoms with Crippen molar-refractivity contribution in [1.82, 2.24) is 0 Å². The first-order valence-corrected chi connectivity index (χ1v) is 6.38. The van der Waals surface area contributed by atoms with Gasteiger partial charge < -0.3 is 14.8 Å². The third-order valence-electron chi connectivity index (χ3n) is 3.14. The molecule has 4 heteroatoms. The minimum Gasteiger partial charge on any atom is -0.493 e. The van der Waals surface area contributed by atoms with E-state index < -0.39 is 0 Å². The Kier molecular flexibility index (Phi) is 4.45. The minimum absolute atomic E-state index is 0.0636. The van der Waals surface area contributed by atoms with Crippen molar-refractivity contribution in [3.05, 3.63) is 53.8 Å². The minimum atomic E-state index is -0.230. The highest BCUT2D eigenvalue weighted by atomic mass is 19.1. The van der Waals surface area contributed by atoms with E-state index in [0.717, 1.165) is 11.3 Å². The normalized spacial score (nSPS) is 11.8. The summed E-state index contributed by atoms with van der Waals surface area (Å²) in [5, 5.41) is 3.35. The summed E-state index contributed by atoms with van der Waals surface area (Å²) >= 11 is 0. The van der Waals surface area contributed by atoms with Crippen molar-refractivity contribution in [3.8, 4) is 11.5 Å². The number of methoxy groups -OCH3 is 2. The van der Waals surface area contributed by atoms with E-state index in [-0.39, 0.29) is 11.9 Å². The number of hydrogen-bond acceptors (Lipinski definition) is 3. The molecule has 0 heterocycles. The molecule has 0 saturated carbocycles. The Morgan fingerprint density at radius 2 is 1.60 bits per heavy atom. The van der Waals surface area contributed by atoms with Crippen LogP contribution >= 0.6 is 0 Å². The highest BCUT2D eigenvalue weighted by Gasteiger charge is 2.08. The van der Waals surface area contributed by atoms with Crippen molar-refractivity contribution in [2.75, 3.05) is 19.5 Å². The largest absolute Gasteiger partial charge is 0.493 e. The second kappa shape index (κ2) is 6.28. The average molecular weight is 275 g/mol. The van der Waals surface area contributed by atoms with Gasteiger partial charge in [-0.15, -0.1) is 0 Å². The second-order valence-corrected chi connectivity index (χ2v) is 4.49. The van der Waals surface area contributed by atoms with Crippen LogP contribution in [-0.4, -0.2) is 14.2 Å². The van der Waals surface area contributed by atoms with E-state index in [4.69, 9.17) is 9.47 Å². The molecule has 2 rings (SSSR count). The summed E-state index contributed by atoms with van der Waals surface area (Å²) in [4.78, 5) is 0. The number of hydrogen-bond donors (Lipinski definition) is 1. The highest BCUT2D eigenvalue weighted by Crippen LogP contribution is 2.31. The van der Waals surface area contributed by atoms with Crippen molar-refractivity contribution in [2.45, 2.75) is 13.0 Å². The number of rotatable bonds is 5. The number of ether oxygens (including phenoxy) is 2. The number of anilines is 1. The van der Waals surface area contributed by atoms with Crippen LogP contribution in [0.3, 0.4) is 0 Å². The molecule has 1 unspecified atom stereocenters. The fraction of sp³-hybridized carbons (Fsp3) is 0.250. The molecular weight excluding hydrogens is 257 g/mol. The summed E-state index contributed by atoms with van der Waals surface area (Å²) < 4.78 is 23.4. The lowest BCUT2D eigenvalue weighted by atomic mass is 10.1. The van der Waals surface area contributed by atoms with Gasteiger partial charge in [0.25, 0.3) is 0 Å². The lowest BCUT2D eigenvalue weighted by Gasteiger charge is -2.17. The summed E-state index contributed by atoms with van der Waals surface area (Å²) in [6.45, 7) is 2.02. The third-order valence-corrected chi connectivity index (χ3v) is 3.14. The molecule has 1 N–H and O–H groups in total. The van der Waals surface area contributed by atoms with Crippen LogP contribution in [0.5, 0.6) is 11.5 Å². The van der Waals surface area contributed by atoms with Gasteiger partial charge >= 0.3 is 0 Å². The van der Waals surface area contributed by atoms with Gasteiger partial charge in [0, 0.05) is 17.8 Å². The Balaban J connectivity index is 2.15. The first kappa shape index (κ1) is 14.2. The van der Waals surface area contributed by atoms with Gasteiger partial charge in [0.1, 0.15) is 5.82 Å². The predicted octanol–water partition coefficient (Wildman–Crippen LogP) is 4.02. The Morgan fingerprint density at radius 1 is 0.950 bits per heavy atom. The summed E-state index contributed by atoms with van der Waals surface area (Å²) in [6.07, 6.45) is 0. The molecule has 2 aromatic rings. The standard InChI is InChI=1S/C16H18FNO2/c1-11(12-4-6-13(17)7-5-12)18-14-8-9-15(19-2)16(10-14)20-3/h4-11,18H,1-3H3. The molecule has 0 saturated heterocycles. The van der Waals surface area contributed by atoms with Gasteiger partial charge in [-0.3, -0.25) is 0 Å². The van der Waals surface area contributed by atoms with Gasteiger partial charge in [-0.25, -0.2) is 4.39 Å². The fourth-order valence-electron chi connectivity index (χ4n) is 2.01. The lowest BCUT2D eigenvalue weighted by molar-refractivity contribution is 0.355. The number of nitrogens with one attached hydrogen (secondary N) is 1. The first-order valence-electron chi connectivity index (χ1n) is 6.38. The van der Waals surface area contributed by atoms with Gasteiger partial charge in [-0.2, -0.15) is 0 Å². The summed E-state index contributed by atoms with van der Waals surface area (Å²) in [5.74, 6) is 1.13. The molecule has 0 radical (unpaired) electrons. The van der Waals surface area contributed by atoms with Crippen LogP contribution < -0.4 is 14.8 Å². The molecule has 3 nitrogen and oxygen atoms in total. The van der Waals surface area contributed by atoms with Crippen LogP contribution in [0.15, 0.2) is 42.5 Å². The molecule has 20 heavy (non-hydrogen) atoms. The lowest BCUT2D eigenvalue weighted by Crippen LogP contribution is -2.06. The zero-order valence-corrected chi connectivity index (χ0v) is 11.8. The van der Waals surface area contributed by atoms with E-state index in [1.807, 2.05) is 25.1 Å². The van der Waals surface area contributed by atoms with Crippen molar-refractivity contribution in [1.29, 1.82) is 0 Å². The maximum absolute atomic E-state index is 12.9. The second-order valence-electron chi connectivity index (χ2n) is 4.49. The molecule has 0 fully saturated rings. The van der Waals surface area contributed by atoms with Gasteiger partial charge in [0.2, 0.25) is 0 Å². The van der Waals surface area contributed by atoms with Crippen molar-refractivity contribution < 1.29 is 13.9 Å². The van der Waals surface area contributed by atoms with Gasteiger partial charge in [0.05, 0.1) is 14.2 Å². The molecule has 2 aromatic carbocycles. The summed E-state index contributed by atoms with van der Waals surface area (Å²) in [7, 11) is 3.21. The number of halogens is 1. The Labute approximate surface area is 118 Å². The van der Waals surface area contributed by atoms with Crippen LogP contribution in [0.4, 0.5) is 10.1 Å². The van der Waals surface area contributed by atoms with Crippen molar-refractivity contribution in [2.24, 2.45) is 0 Å². The van der Waals surface area contributed by atoms with E-state index in [0.29, 0.717) is 11.5 Å². The number of benzene rings is 2. The van der Waals surface area contributed by atoms with E-state index in [9.17, 15) is 4.39 Å². The monoisotopic (exact) mass is 275 g/mol. The molecule has 0 bridgehead atoms. The molecule has 1 atom stereocenters. The Bertz CT molecular complexity index is 569. The van der Waals surface area contributed by atoms with Crippen LogP contribution in [0.2, 0.25) is 0 Å². The Hall–Kier alpha value is -2.23. The predicted molar refractivity (Wildman–Crippen MR) is 78.0 cm³/mol. The van der Waals surface area contributed by atoms with Gasteiger partial charge in [-0.1, -0.05) is 12.1 Å². The summed E-state index contributed by atoms with van der Waals surface area (Å²) in [5.41, 5.74) is 1.93. The molecule has 0 aliphatic carbocycles. The maximum atomic E-state index is 12.9. The topological polar surface area (TPSA) is 30.5 Å². The van der Waals surface area contributed by atoms with Crippen LogP contribution in [-0.2, 0) is 0 Å². The molecule has 0 aliphatic rings. The van der Waals surface area contributed by atoms with Crippen LogP contribution in [0.25, 0.3) is 0 Å². The molecule has 0 spiro atoms. The van der Waals surface area contributed by atoms with E-state index in [1.165, 1.54) is 12.1 Å². The van der Waals surface area contributed by atoms with E-state index in [2.05, 4.69) is 5.32 Å². The molecule has 0 aromatic heterocycles. The van der Waals surface area contributed by atoms with E-state index >= 15 is 0 Å².